The van der Waals surface area contributed by atoms with E-state index in [0.717, 1.165) is 60.1 Å². The normalized spacial score (nSPS) is 15.5. The molecule has 0 unspecified atom stereocenters. The van der Waals surface area contributed by atoms with Gasteiger partial charge in [0.05, 0.1) is 5.52 Å². The van der Waals surface area contributed by atoms with Crippen molar-refractivity contribution in [1.29, 1.82) is 0 Å². The van der Waals surface area contributed by atoms with Crippen LogP contribution < -0.4 is 0 Å². The molecule has 0 spiro atoms. The van der Waals surface area contributed by atoms with Crippen LogP contribution in [-0.2, 0) is 13.0 Å². The Labute approximate surface area is 117 Å². The van der Waals surface area contributed by atoms with Gasteiger partial charge >= 0.3 is 0 Å². The number of rotatable bonds is 2. The SMILES string of the molecule is CCN1CCc2nc3ccc(Cl)cc3c(C=O)c2C1. The second-order valence-electron chi connectivity index (χ2n) is 4.85. The van der Waals surface area contributed by atoms with E-state index in [-0.39, 0.29) is 0 Å². The van der Waals surface area contributed by atoms with Gasteiger partial charge in [0, 0.05) is 41.2 Å². The molecule has 1 aliphatic rings. The highest BCUT2D eigenvalue weighted by Gasteiger charge is 2.21. The number of fused-ring (bicyclic) bond motifs is 2. The predicted octanol–water partition coefficient (Wildman–Crippen LogP) is 3.08. The van der Waals surface area contributed by atoms with Crippen molar-refractivity contribution >= 4 is 28.8 Å². The maximum absolute atomic E-state index is 11.5. The van der Waals surface area contributed by atoms with Gasteiger partial charge in [-0.25, -0.2) is 0 Å². The molecule has 4 heteroatoms. The Hall–Kier alpha value is -1.45. The minimum atomic E-state index is 0.639. The van der Waals surface area contributed by atoms with E-state index in [0.29, 0.717) is 5.02 Å². The van der Waals surface area contributed by atoms with E-state index < -0.39 is 0 Å². The molecule has 2 aromatic rings. The number of carbonyl (C=O) groups excluding carboxylic acids is 1. The average molecular weight is 275 g/mol. The van der Waals surface area contributed by atoms with Gasteiger partial charge in [-0.05, 0) is 30.3 Å². The number of carbonyl (C=O) groups is 1. The molecule has 0 aliphatic carbocycles. The van der Waals surface area contributed by atoms with Crippen molar-refractivity contribution in [2.24, 2.45) is 0 Å². The molecular formula is C15H15ClN2O. The molecule has 0 bridgehead atoms. The summed E-state index contributed by atoms with van der Waals surface area (Å²) < 4.78 is 0. The lowest BCUT2D eigenvalue weighted by Crippen LogP contribution is -2.31. The average Bonchev–Trinajstić information content (AvgIpc) is 2.44. The summed E-state index contributed by atoms with van der Waals surface area (Å²) in [5.41, 5.74) is 3.73. The van der Waals surface area contributed by atoms with Crippen LogP contribution in [0, 0.1) is 0 Å². The van der Waals surface area contributed by atoms with E-state index in [2.05, 4.69) is 11.8 Å². The highest BCUT2D eigenvalue weighted by molar-refractivity contribution is 6.31. The van der Waals surface area contributed by atoms with E-state index in [9.17, 15) is 4.79 Å². The van der Waals surface area contributed by atoms with Crippen LogP contribution in [0.3, 0.4) is 0 Å². The van der Waals surface area contributed by atoms with E-state index in [1.54, 1.807) is 0 Å². The topological polar surface area (TPSA) is 33.2 Å². The van der Waals surface area contributed by atoms with Crippen LogP contribution in [0.1, 0.15) is 28.5 Å². The second kappa shape index (κ2) is 4.91. The molecule has 0 fully saturated rings. The first-order valence-electron chi connectivity index (χ1n) is 6.51. The summed E-state index contributed by atoms with van der Waals surface area (Å²) in [6, 6.07) is 5.54. The zero-order chi connectivity index (χ0) is 13.4. The number of hydrogen-bond acceptors (Lipinski definition) is 3. The van der Waals surface area contributed by atoms with Crippen molar-refractivity contribution in [2.45, 2.75) is 19.9 Å². The van der Waals surface area contributed by atoms with Gasteiger partial charge in [0.15, 0.2) is 6.29 Å². The maximum atomic E-state index is 11.5. The van der Waals surface area contributed by atoms with Crippen LogP contribution in [0.15, 0.2) is 18.2 Å². The molecule has 1 aliphatic heterocycles. The van der Waals surface area contributed by atoms with Crippen LogP contribution in [0.5, 0.6) is 0 Å². The number of pyridine rings is 1. The minimum absolute atomic E-state index is 0.639. The van der Waals surface area contributed by atoms with Crippen molar-refractivity contribution in [3.8, 4) is 0 Å². The van der Waals surface area contributed by atoms with Gasteiger partial charge in [-0.2, -0.15) is 0 Å². The first kappa shape index (κ1) is 12.6. The quantitative estimate of drug-likeness (QED) is 0.789. The molecule has 98 valence electrons. The van der Waals surface area contributed by atoms with Gasteiger partial charge in [-0.1, -0.05) is 18.5 Å². The summed E-state index contributed by atoms with van der Waals surface area (Å²) in [4.78, 5) is 18.5. The molecule has 19 heavy (non-hydrogen) atoms. The lowest BCUT2D eigenvalue weighted by atomic mass is 9.96. The van der Waals surface area contributed by atoms with Crippen molar-refractivity contribution in [3.63, 3.8) is 0 Å². The smallest absolute Gasteiger partial charge is 0.151 e. The summed E-state index contributed by atoms with van der Waals surface area (Å²) in [7, 11) is 0. The van der Waals surface area contributed by atoms with E-state index in [4.69, 9.17) is 16.6 Å². The summed E-state index contributed by atoms with van der Waals surface area (Å²) >= 11 is 6.03. The largest absolute Gasteiger partial charge is 0.299 e. The van der Waals surface area contributed by atoms with Gasteiger partial charge in [0.2, 0.25) is 0 Å². The molecule has 2 heterocycles. The molecule has 0 saturated heterocycles. The number of hydrogen-bond donors (Lipinski definition) is 0. The molecular weight excluding hydrogens is 260 g/mol. The number of aromatic nitrogens is 1. The fourth-order valence-corrected chi connectivity index (χ4v) is 2.88. The molecule has 3 rings (SSSR count). The molecule has 0 saturated carbocycles. The van der Waals surface area contributed by atoms with Crippen molar-refractivity contribution in [2.75, 3.05) is 13.1 Å². The molecule has 1 aromatic heterocycles. The van der Waals surface area contributed by atoms with E-state index in [1.165, 1.54) is 0 Å². The minimum Gasteiger partial charge on any atom is -0.299 e. The standard InChI is InChI=1S/C15H15ClN2O/c1-2-18-6-5-15-12(8-18)13(9-19)11-7-10(16)3-4-14(11)17-15/h3-4,7,9H,2,5-6,8H2,1H3. The summed E-state index contributed by atoms with van der Waals surface area (Å²) in [5, 5.41) is 1.50. The van der Waals surface area contributed by atoms with E-state index >= 15 is 0 Å². The van der Waals surface area contributed by atoms with Gasteiger partial charge in [-0.3, -0.25) is 14.7 Å². The molecule has 0 amide bonds. The van der Waals surface area contributed by atoms with E-state index in [1.807, 2.05) is 18.2 Å². The highest BCUT2D eigenvalue weighted by atomic mass is 35.5. The summed E-state index contributed by atoms with van der Waals surface area (Å²) in [6.45, 7) is 4.94. The number of halogens is 1. The fraction of sp³-hybridized carbons (Fsp3) is 0.333. The monoisotopic (exact) mass is 274 g/mol. The first-order chi connectivity index (χ1) is 9.22. The summed E-state index contributed by atoms with van der Waals surface area (Å²) in [6.07, 6.45) is 1.85. The van der Waals surface area contributed by atoms with Crippen LogP contribution >= 0.6 is 11.6 Å². The maximum Gasteiger partial charge on any atom is 0.151 e. The Kier molecular flexibility index (Phi) is 3.25. The Morgan fingerprint density at radius 1 is 1.47 bits per heavy atom. The molecule has 1 aromatic carbocycles. The molecule has 3 nitrogen and oxygen atoms in total. The van der Waals surface area contributed by atoms with Crippen LogP contribution in [0.2, 0.25) is 5.02 Å². The van der Waals surface area contributed by atoms with Crippen molar-refractivity contribution in [1.82, 2.24) is 9.88 Å². The van der Waals surface area contributed by atoms with Crippen LogP contribution in [-0.4, -0.2) is 29.3 Å². The third-order valence-corrected chi connectivity index (χ3v) is 4.02. The Balaban J connectivity index is 2.26. The molecule has 0 radical (unpaired) electrons. The Morgan fingerprint density at radius 3 is 3.05 bits per heavy atom. The van der Waals surface area contributed by atoms with Gasteiger partial charge < -0.3 is 0 Å². The predicted molar refractivity (Wildman–Crippen MR) is 76.8 cm³/mol. The highest BCUT2D eigenvalue weighted by Crippen LogP contribution is 2.28. The number of aldehydes is 1. The fourth-order valence-electron chi connectivity index (χ4n) is 2.71. The molecule has 0 atom stereocenters. The third-order valence-electron chi connectivity index (χ3n) is 3.79. The first-order valence-corrected chi connectivity index (χ1v) is 6.89. The second-order valence-corrected chi connectivity index (χ2v) is 5.29. The number of nitrogens with zero attached hydrogens (tertiary/aromatic N) is 2. The van der Waals surface area contributed by atoms with Gasteiger partial charge in [-0.15, -0.1) is 0 Å². The van der Waals surface area contributed by atoms with Crippen molar-refractivity contribution in [3.05, 3.63) is 40.0 Å². The molecule has 0 N–H and O–H groups in total. The van der Waals surface area contributed by atoms with Crippen LogP contribution in [0.4, 0.5) is 0 Å². The van der Waals surface area contributed by atoms with Gasteiger partial charge in [0.25, 0.3) is 0 Å². The van der Waals surface area contributed by atoms with Crippen LogP contribution in [0.25, 0.3) is 10.9 Å². The Bertz CT molecular complexity index is 654. The Morgan fingerprint density at radius 2 is 2.32 bits per heavy atom. The summed E-state index contributed by atoms with van der Waals surface area (Å²) in [5.74, 6) is 0. The zero-order valence-corrected chi connectivity index (χ0v) is 11.6. The number of benzene rings is 1. The zero-order valence-electron chi connectivity index (χ0n) is 10.8. The number of likely N-dealkylation sites (N-methyl/N-ethyl adjacent to an activating group) is 1. The lowest BCUT2D eigenvalue weighted by molar-refractivity contribution is 0.112. The lowest BCUT2D eigenvalue weighted by Gasteiger charge is -2.28. The third kappa shape index (κ3) is 2.13. The van der Waals surface area contributed by atoms with Crippen molar-refractivity contribution < 1.29 is 4.79 Å². The van der Waals surface area contributed by atoms with Gasteiger partial charge in [0.1, 0.15) is 0 Å².